The Labute approximate surface area is 165 Å². The predicted molar refractivity (Wildman–Crippen MR) is 109 cm³/mol. The molecule has 27 heavy (non-hydrogen) atoms. The van der Waals surface area contributed by atoms with Crippen LogP contribution in [-0.4, -0.2) is 21.5 Å². The van der Waals surface area contributed by atoms with E-state index in [-0.39, 0.29) is 18.4 Å². The van der Waals surface area contributed by atoms with E-state index >= 15 is 0 Å². The van der Waals surface area contributed by atoms with Gasteiger partial charge in [0.1, 0.15) is 5.01 Å². The Bertz CT molecular complexity index is 1000. The van der Waals surface area contributed by atoms with Gasteiger partial charge in [0.2, 0.25) is 11.8 Å². The van der Waals surface area contributed by atoms with Gasteiger partial charge in [-0.25, -0.2) is 4.98 Å². The monoisotopic (exact) mass is 395 g/mol. The highest BCUT2D eigenvalue weighted by atomic mass is 32.2. The highest BCUT2D eigenvalue weighted by Gasteiger charge is 2.45. The SMILES string of the molecule is CC1(C(=O)NCc2csc(-c3ccccc3)n2)Sc2ccccc2NC1=O. The summed E-state index contributed by atoms with van der Waals surface area (Å²) in [5.41, 5.74) is 2.56. The van der Waals surface area contributed by atoms with Gasteiger partial charge in [0, 0.05) is 15.8 Å². The molecule has 0 saturated carbocycles. The van der Waals surface area contributed by atoms with E-state index in [2.05, 4.69) is 15.6 Å². The average Bonchev–Trinajstić information content (AvgIpc) is 3.17. The number of nitrogens with one attached hydrogen (secondary N) is 2. The van der Waals surface area contributed by atoms with Crippen molar-refractivity contribution in [3.05, 3.63) is 65.7 Å². The average molecular weight is 396 g/mol. The van der Waals surface area contributed by atoms with Crippen LogP contribution in [0, 0.1) is 0 Å². The highest BCUT2D eigenvalue weighted by Crippen LogP contribution is 2.42. The first kappa shape index (κ1) is 17.8. The van der Waals surface area contributed by atoms with E-state index in [1.807, 2.05) is 60.0 Å². The van der Waals surface area contributed by atoms with Gasteiger partial charge in [0.05, 0.1) is 17.9 Å². The van der Waals surface area contributed by atoms with E-state index in [1.54, 1.807) is 6.92 Å². The quantitative estimate of drug-likeness (QED) is 0.657. The predicted octanol–water partition coefficient (Wildman–Crippen LogP) is 3.93. The number of carbonyl (C=O) groups excluding carboxylic acids is 2. The van der Waals surface area contributed by atoms with Crippen LogP contribution < -0.4 is 10.6 Å². The number of benzene rings is 2. The number of carbonyl (C=O) groups is 2. The topological polar surface area (TPSA) is 71.1 Å². The molecular formula is C20H17N3O2S2. The molecule has 2 N–H and O–H groups in total. The summed E-state index contributed by atoms with van der Waals surface area (Å²) in [6.07, 6.45) is 0. The number of amides is 2. The summed E-state index contributed by atoms with van der Waals surface area (Å²) in [7, 11) is 0. The van der Waals surface area contributed by atoms with Crippen LogP contribution in [0.1, 0.15) is 12.6 Å². The van der Waals surface area contributed by atoms with Crippen LogP contribution in [0.4, 0.5) is 5.69 Å². The zero-order valence-electron chi connectivity index (χ0n) is 14.6. The molecular weight excluding hydrogens is 378 g/mol. The summed E-state index contributed by atoms with van der Waals surface area (Å²) < 4.78 is -1.22. The third kappa shape index (κ3) is 3.48. The van der Waals surface area contributed by atoms with Crippen LogP contribution in [0.25, 0.3) is 10.6 Å². The standard InChI is InChI=1S/C20H17N3O2S2/c1-20(19(25)23-15-9-5-6-10-16(15)27-20)18(24)21-11-14-12-26-17(22-14)13-7-3-2-4-8-13/h2-10,12H,11H2,1H3,(H,21,24)(H,23,25). The van der Waals surface area contributed by atoms with E-state index in [4.69, 9.17) is 0 Å². The normalized spacial score (nSPS) is 18.5. The molecule has 5 nitrogen and oxygen atoms in total. The molecule has 3 aromatic rings. The minimum absolute atomic E-state index is 0.285. The van der Waals surface area contributed by atoms with Crippen LogP contribution in [0.2, 0.25) is 0 Å². The van der Waals surface area contributed by atoms with Crippen molar-refractivity contribution in [3.8, 4) is 10.6 Å². The van der Waals surface area contributed by atoms with Crippen molar-refractivity contribution in [1.82, 2.24) is 10.3 Å². The summed E-state index contributed by atoms with van der Waals surface area (Å²) in [5, 5.41) is 8.51. The number of fused-ring (bicyclic) bond motifs is 1. The van der Waals surface area contributed by atoms with E-state index in [0.717, 1.165) is 26.8 Å². The first-order valence-corrected chi connectivity index (χ1v) is 10.1. The number of hydrogen-bond donors (Lipinski definition) is 2. The summed E-state index contributed by atoms with van der Waals surface area (Å²) >= 11 is 2.80. The summed E-state index contributed by atoms with van der Waals surface area (Å²) in [4.78, 5) is 30.7. The Kier molecular flexibility index (Phi) is 4.72. The molecule has 2 heterocycles. The lowest BCUT2D eigenvalue weighted by molar-refractivity contribution is -0.130. The lowest BCUT2D eigenvalue weighted by Crippen LogP contribution is -2.51. The van der Waals surface area contributed by atoms with Crippen LogP contribution in [0.15, 0.2) is 64.9 Å². The zero-order chi connectivity index (χ0) is 18.9. The second-order valence-electron chi connectivity index (χ2n) is 6.28. The molecule has 2 amide bonds. The molecule has 7 heteroatoms. The van der Waals surface area contributed by atoms with Crippen molar-refractivity contribution >= 4 is 40.6 Å². The van der Waals surface area contributed by atoms with Crippen LogP contribution in [0.5, 0.6) is 0 Å². The molecule has 0 saturated heterocycles. The number of thioether (sulfide) groups is 1. The molecule has 1 unspecified atom stereocenters. The number of anilines is 1. The van der Waals surface area contributed by atoms with Crippen molar-refractivity contribution in [3.63, 3.8) is 0 Å². The van der Waals surface area contributed by atoms with Crippen molar-refractivity contribution in [1.29, 1.82) is 0 Å². The fourth-order valence-corrected chi connectivity index (χ4v) is 4.71. The molecule has 1 aliphatic heterocycles. The van der Waals surface area contributed by atoms with E-state index in [9.17, 15) is 9.59 Å². The molecule has 4 rings (SSSR count). The number of thiazole rings is 1. The lowest BCUT2D eigenvalue weighted by atomic mass is 10.1. The number of aromatic nitrogens is 1. The Morgan fingerprint density at radius 2 is 1.89 bits per heavy atom. The lowest BCUT2D eigenvalue weighted by Gasteiger charge is -2.31. The molecule has 136 valence electrons. The molecule has 2 aromatic carbocycles. The van der Waals surface area contributed by atoms with Crippen molar-refractivity contribution in [2.24, 2.45) is 0 Å². The molecule has 1 aromatic heterocycles. The number of hydrogen-bond acceptors (Lipinski definition) is 5. The van der Waals surface area contributed by atoms with Gasteiger partial charge in [-0.1, -0.05) is 54.2 Å². The number of nitrogens with zero attached hydrogens (tertiary/aromatic N) is 1. The highest BCUT2D eigenvalue weighted by molar-refractivity contribution is 8.02. The van der Waals surface area contributed by atoms with Gasteiger partial charge in [0.25, 0.3) is 0 Å². The van der Waals surface area contributed by atoms with Gasteiger partial charge in [-0.15, -0.1) is 11.3 Å². The van der Waals surface area contributed by atoms with Crippen molar-refractivity contribution in [2.45, 2.75) is 23.1 Å². The first-order chi connectivity index (χ1) is 13.1. The molecule has 1 aliphatic rings. The minimum Gasteiger partial charge on any atom is -0.349 e. The maximum atomic E-state index is 12.8. The van der Waals surface area contributed by atoms with Gasteiger partial charge >= 0.3 is 0 Å². The fraction of sp³-hybridized carbons (Fsp3) is 0.150. The largest absolute Gasteiger partial charge is 0.349 e. The smallest absolute Gasteiger partial charge is 0.250 e. The second kappa shape index (κ2) is 7.17. The van der Waals surface area contributed by atoms with Crippen molar-refractivity contribution < 1.29 is 9.59 Å². The van der Waals surface area contributed by atoms with E-state index in [0.29, 0.717) is 0 Å². The summed E-state index contributed by atoms with van der Waals surface area (Å²) in [5.74, 6) is -0.638. The Hall–Kier alpha value is -2.64. The Morgan fingerprint density at radius 3 is 2.70 bits per heavy atom. The Morgan fingerprint density at radius 1 is 1.15 bits per heavy atom. The molecule has 0 radical (unpaired) electrons. The van der Waals surface area contributed by atoms with Gasteiger partial charge in [-0.3, -0.25) is 9.59 Å². The zero-order valence-corrected chi connectivity index (χ0v) is 16.2. The van der Waals surface area contributed by atoms with Crippen molar-refractivity contribution in [2.75, 3.05) is 5.32 Å². The third-order valence-corrected chi connectivity index (χ3v) is 6.61. The molecule has 1 atom stereocenters. The van der Waals surface area contributed by atoms with Crippen LogP contribution in [0.3, 0.4) is 0 Å². The summed E-state index contributed by atoms with van der Waals surface area (Å²) in [6, 6.07) is 17.4. The van der Waals surface area contributed by atoms with Gasteiger partial charge in [0.15, 0.2) is 4.75 Å². The maximum absolute atomic E-state index is 12.8. The first-order valence-electron chi connectivity index (χ1n) is 8.44. The maximum Gasteiger partial charge on any atom is 0.250 e. The van der Waals surface area contributed by atoms with E-state index in [1.165, 1.54) is 23.1 Å². The number of para-hydroxylation sites is 1. The molecule has 0 fully saturated rings. The van der Waals surface area contributed by atoms with Gasteiger partial charge < -0.3 is 10.6 Å². The van der Waals surface area contributed by atoms with Gasteiger partial charge in [-0.05, 0) is 19.1 Å². The minimum atomic E-state index is -1.22. The molecule has 0 aliphatic carbocycles. The van der Waals surface area contributed by atoms with E-state index < -0.39 is 4.75 Å². The van der Waals surface area contributed by atoms with Crippen LogP contribution in [-0.2, 0) is 16.1 Å². The number of rotatable bonds is 4. The molecule has 0 bridgehead atoms. The summed E-state index contributed by atoms with van der Waals surface area (Å²) in [6.45, 7) is 1.93. The van der Waals surface area contributed by atoms with Gasteiger partial charge in [-0.2, -0.15) is 0 Å². The fourth-order valence-electron chi connectivity index (χ4n) is 2.76. The van der Waals surface area contributed by atoms with Crippen LogP contribution >= 0.6 is 23.1 Å². The molecule has 0 spiro atoms. The Balaban J connectivity index is 1.45. The third-order valence-electron chi connectivity index (χ3n) is 4.32. The second-order valence-corrected chi connectivity index (χ2v) is 8.60.